The first-order valence-corrected chi connectivity index (χ1v) is 7.96. The predicted octanol–water partition coefficient (Wildman–Crippen LogP) is 3.07. The lowest BCUT2D eigenvalue weighted by molar-refractivity contribution is 0.0697. The second-order valence-corrected chi connectivity index (χ2v) is 6.12. The number of carboxylic acids is 1. The van der Waals surface area contributed by atoms with Crippen molar-refractivity contribution in [2.75, 3.05) is 25.6 Å². The van der Waals surface area contributed by atoms with Crippen LogP contribution in [-0.2, 0) is 4.74 Å². The van der Waals surface area contributed by atoms with E-state index in [4.69, 9.17) is 14.6 Å². The largest absolute Gasteiger partial charge is 0.494 e. The van der Waals surface area contributed by atoms with Gasteiger partial charge in [-0.2, -0.15) is 11.8 Å². The van der Waals surface area contributed by atoms with Crippen LogP contribution in [0.25, 0.3) is 0 Å². The SMILES string of the molecule is O=C(O)c1ccc(OCCCSC2CCOCC2)cc1. The molecule has 0 atom stereocenters. The predicted molar refractivity (Wildman–Crippen MR) is 79.8 cm³/mol. The van der Waals surface area contributed by atoms with Crippen LogP contribution in [0.2, 0.25) is 0 Å². The van der Waals surface area contributed by atoms with Crippen molar-refractivity contribution < 1.29 is 19.4 Å². The van der Waals surface area contributed by atoms with Crippen LogP contribution in [0.4, 0.5) is 0 Å². The van der Waals surface area contributed by atoms with Crippen LogP contribution in [0.5, 0.6) is 5.75 Å². The lowest BCUT2D eigenvalue weighted by Gasteiger charge is -2.21. The van der Waals surface area contributed by atoms with Crippen molar-refractivity contribution in [2.45, 2.75) is 24.5 Å². The van der Waals surface area contributed by atoms with Crippen LogP contribution in [0, 0.1) is 0 Å². The second-order valence-electron chi connectivity index (χ2n) is 4.71. The Hall–Kier alpha value is -1.20. The third kappa shape index (κ3) is 5.06. The standard InChI is InChI=1S/C15H20O4S/c16-15(17)12-2-4-13(5-3-12)19-8-1-11-20-14-6-9-18-10-7-14/h2-5,14H,1,6-11H2,(H,16,17). The fourth-order valence-corrected chi connectivity index (χ4v) is 3.18. The Morgan fingerprint density at radius 1 is 1.30 bits per heavy atom. The summed E-state index contributed by atoms with van der Waals surface area (Å²) < 4.78 is 10.9. The summed E-state index contributed by atoms with van der Waals surface area (Å²) in [6.07, 6.45) is 3.31. The molecule has 0 bridgehead atoms. The van der Waals surface area contributed by atoms with Gasteiger partial charge in [0.2, 0.25) is 0 Å². The summed E-state index contributed by atoms with van der Waals surface area (Å²) in [6.45, 7) is 2.46. The highest BCUT2D eigenvalue weighted by molar-refractivity contribution is 7.99. The van der Waals surface area contributed by atoms with Gasteiger partial charge in [-0.05, 0) is 49.3 Å². The molecule has 1 heterocycles. The summed E-state index contributed by atoms with van der Waals surface area (Å²) in [4.78, 5) is 10.7. The van der Waals surface area contributed by atoms with Crippen molar-refractivity contribution in [1.82, 2.24) is 0 Å². The third-order valence-electron chi connectivity index (χ3n) is 3.18. The number of hydrogen-bond donors (Lipinski definition) is 1. The van der Waals surface area contributed by atoms with Crippen molar-refractivity contribution >= 4 is 17.7 Å². The van der Waals surface area contributed by atoms with E-state index in [-0.39, 0.29) is 5.56 Å². The van der Waals surface area contributed by atoms with Crippen LogP contribution >= 0.6 is 11.8 Å². The molecule has 1 aliphatic rings. The Morgan fingerprint density at radius 2 is 2.00 bits per heavy atom. The van der Waals surface area contributed by atoms with Gasteiger partial charge in [0.1, 0.15) is 5.75 Å². The summed E-state index contributed by atoms with van der Waals surface area (Å²) in [5.74, 6) is 0.910. The van der Waals surface area contributed by atoms with Gasteiger partial charge in [0.15, 0.2) is 0 Å². The molecule has 0 amide bonds. The van der Waals surface area contributed by atoms with E-state index in [1.54, 1.807) is 24.3 Å². The molecule has 1 saturated heterocycles. The van der Waals surface area contributed by atoms with Gasteiger partial charge >= 0.3 is 5.97 Å². The van der Waals surface area contributed by atoms with Gasteiger partial charge in [-0.3, -0.25) is 0 Å². The highest BCUT2D eigenvalue weighted by atomic mass is 32.2. The molecule has 20 heavy (non-hydrogen) atoms. The van der Waals surface area contributed by atoms with E-state index in [0.29, 0.717) is 6.61 Å². The monoisotopic (exact) mass is 296 g/mol. The van der Waals surface area contributed by atoms with E-state index in [0.717, 1.165) is 49.2 Å². The average molecular weight is 296 g/mol. The number of carboxylic acid groups (broad SMARTS) is 1. The van der Waals surface area contributed by atoms with E-state index in [2.05, 4.69) is 0 Å². The van der Waals surface area contributed by atoms with E-state index in [9.17, 15) is 4.79 Å². The fourth-order valence-electron chi connectivity index (χ4n) is 2.04. The first-order valence-electron chi connectivity index (χ1n) is 6.91. The molecule has 110 valence electrons. The molecule has 1 aromatic carbocycles. The average Bonchev–Trinajstić information content (AvgIpc) is 2.48. The smallest absolute Gasteiger partial charge is 0.335 e. The highest BCUT2D eigenvalue weighted by Gasteiger charge is 2.13. The van der Waals surface area contributed by atoms with Crippen LogP contribution in [-0.4, -0.2) is 41.9 Å². The third-order valence-corrected chi connectivity index (χ3v) is 4.65. The molecule has 0 spiro atoms. The zero-order valence-electron chi connectivity index (χ0n) is 11.4. The maximum absolute atomic E-state index is 10.7. The lowest BCUT2D eigenvalue weighted by atomic mass is 10.2. The molecule has 0 aromatic heterocycles. The number of thioether (sulfide) groups is 1. The Balaban J connectivity index is 1.59. The van der Waals surface area contributed by atoms with E-state index in [1.165, 1.54) is 0 Å². The van der Waals surface area contributed by atoms with Gasteiger partial charge in [-0.1, -0.05) is 0 Å². The van der Waals surface area contributed by atoms with E-state index in [1.807, 2.05) is 11.8 Å². The molecule has 0 unspecified atom stereocenters. The molecule has 2 rings (SSSR count). The first-order chi connectivity index (χ1) is 9.75. The molecule has 1 aliphatic heterocycles. The van der Waals surface area contributed by atoms with Gasteiger partial charge in [0.25, 0.3) is 0 Å². The molecule has 1 aromatic rings. The highest BCUT2D eigenvalue weighted by Crippen LogP contribution is 2.22. The zero-order chi connectivity index (χ0) is 14.2. The quantitative estimate of drug-likeness (QED) is 0.784. The van der Waals surface area contributed by atoms with Crippen molar-refractivity contribution in [3.63, 3.8) is 0 Å². The number of rotatable bonds is 7. The number of benzene rings is 1. The maximum Gasteiger partial charge on any atom is 0.335 e. The molecule has 0 aliphatic carbocycles. The Bertz CT molecular complexity index is 412. The van der Waals surface area contributed by atoms with E-state index < -0.39 is 5.97 Å². The van der Waals surface area contributed by atoms with Crippen molar-refractivity contribution in [3.8, 4) is 5.75 Å². The van der Waals surface area contributed by atoms with Crippen molar-refractivity contribution in [1.29, 1.82) is 0 Å². The normalized spacial score (nSPS) is 16.0. The van der Waals surface area contributed by atoms with Gasteiger partial charge in [-0.15, -0.1) is 0 Å². The van der Waals surface area contributed by atoms with Gasteiger partial charge in [-0.25, -0.2) is 4.79 Å². The summed E-state index contributed by atoms with van der Waals surface area (Å²) in [5, 5.41) is 9.53. The lowest BCUT2D eigenvalue weighted by Crippen LogP contribution is -2.18. The molecule has 0 radical (unpaired) electrons. The number of hydrogen-bond acceptors (Lipinski definition) is 4. The molecule has 4 nitrogen and oxygen atoms in total. The van der Waals surface area contributed by atoms with Gasteiger partial charge in [0, 0.05) is 18.5 Å². The van der Waals surface area contributed by atoms with Crippen molar-refractivity contribution in [3.05, 3.63) is 29.8 Å². The number of aromatic carboxylic acids is 1. The molecule has 1 fully saturated rings. The summed E-state index contributed by atoms with van der Waals surface area (Å²) in [7, 11) is 0. The summed E-state index contributed by atoms with van der Waals surface area (Å²) in [6, 6.07) is 6.53. The van der Waals surface area contributed by atoms with Crippen molar-refractivity contribution in [2.24, 2.45) is 0 Å². The molecular formula is C15H20O4S. The Morgan fingerprint density at radius 3 is 2.65 bits per heavy atom. The zero-order valence-corrected chi connectivity index (χ0v) is 12.2. The number of carbonyl (C=O) groups is 1. The van der Waals surface area contributed by atoms with Crippen LogP contribution in [0.3, 0.4) is 0 Å². The van der Waals surface area contributed by atoms with Gasteiger partial charge in [0.05, 0.1) is 12.2 Å². The van der Waals surface area contributed by atoms with Crippen LogP contribution in [0.15, 0.2) is 24.3 Å². The molecule has 0 saturated carbocycles. The second kappa shape index (κ2) is 8.17. The minimum atomic E-state index is -0.913. The molecule has 5 heteroatoms. The van der Waals surface area contributed by atoms with E-state index >= 15 is 0 Å². The number of ether oxygens (including phenoxy) is 2. The first kappa shape index (κ1) is 15.2. The molecule has 1 N–H and O–H groups in total. The fraction of sp³-hybridized carbons (Fsp3) is 0.533. The topological polar surface area (TPSA) is 55.8 Å². The van der Waals surface area contributed by atoms with Crippen LogP contribution in [0.1, 0.15) is 29.6 Å². The minimum Gasteiger partial charge on any atom is -0.494 e. The van der Waals surface area contributed by atoms with Crippen LogP contribution < -0.4 is 4.74 Å². The minimum absolute atomic E-state index is 0.285. The Kier molecular flexibility index (Phi) is 6.21. The summed E-state index contributed by atoms with van der Waals surface area (Å²) in [5.41, 5.74) is 0.285. The maximum atomic E-state index is 10.7. The van der Waals surface area contributed by atoms with Gasteiger partial charge < -0.3 is 14.6 Å². The Labute approximate surface area is 123 Å². The summed E-state index contributed by atoms with van der Waals surface area (Å²) >= 11 is 2.00. The molecular weight excluding hydrogens is 276 g/mol.